The van der Waals surface area contributed by atoms with E-state index < -0.39 is 0 Å². The van der Waals surface area contributed by atoms with Crippen LogP contribution in [-0.2, 0) is 31.2 Å². The number of carbonyl (C=O) groups excluding carboxylic acids is 1. The van der Waals surface area contributed by atoms with Crippen LogP contribution in [0.4, 0.5) is 0 Å². The van der Waals surface area contributed by atoms with Crippen molar-refractivity contribution in [3.63, 3.8) is 0 Å². The van der Waals surface area contributed by atoms with Crippen molar-refractivity contribution in [2.24, 2.45) is 0 Å². The predicted molar refractivity (Wildman–Crippen MR) is 105 cm³/mol. The van der Waals surface area contributed by atoms with E-state index in [2.05, 4.69) is 13.8 Å². The van der Waals surface area contributed by atoms with Gasteiger partial charge in [-0.2, -0.15) is 0 Å². The summed E-state index contributed by atoms with van der Waals surface area (Å²) >= 11 is 0. The Balaban J connectivity index is 0. The molecule has 148 valence electrons. The van der Waals surface area contributed by atoms with E-state index in [1.807, 2.05) is 0 Å². The van der Waals surface area contributed by atoms with Crippen LogP contribution in [0.3, 0.4) is 0 Å². The van der Waals surface area contributed by atoms with E-state index in [1.165, 1.54) is 89.9 Å². The topological polar surface area (TPSA) is 26.3 Å². The second-order valence-electron chi connectivity index (χ2n) is 7.27. The number of rotatable bonds is 19. The Bertz CT molecular complexity index is 256. The van der Waals surface area contributed by atoms with E-state index in [9.17, 15) is 4.79 Å². The first-order chi connectivity index (χ1) is 11.8. The molecule has 0 heterocycles. The van der Waals surface area contributed by atoms with Crippen molar-refractivity contribution < 1.29 is 31.2 Å². The average Bonchev–Trinajstić information content (AvgIpc) is 2.58. The van der Waals surface area contributed by atoms with Gasteiger partial charge in [-0.1, -0.05) is 110 Å². The van der Waals surface area contributed by atoms with Gasteiger partial charge in [-0.05, 0) is 12.8 Å². The Morgan fingerprint density at radius 2 is 0.920 bits per heavy atom. The van der Waals surface area contributed by atoms with E-state index >= 15 is 0 Å². The first-order valence-electron chi connectivity index (χ1n) is 11.0. The monoisotopic (exact) mass is 388 g/mol. The van der Waals surface area contributed by atoms with Gasteiger partial charge in [-0.15, -0.1) is 0 Å². The van der Waals surface area contributed by atoms with Crippen LogP contribution in [0, 0.1) is 0 Å². The van der Waals surface area contributed by atoms with Gasteiger partial charge in [0.25, 0.3) is 0 Å². The minimum atomic E-state index is -0.00172. The average molecular weight is 388 g/mol. The summed E-state index contributed by atoms with van der Waals surface area (Å²) in [6.07, 6.45) is 23.1. The maximum Gasteiger partial charge on any atom is 0.305 e. The molecule has 0 N–H and O–H groups in total. The third-order valence-corrected chi connectivity index (χ3v) is 4.75. The fourth-order valence-corrected chi connectivity index (χ4v) is 3.04. The molecule has 0 aromatic heterocycles. The van der Waals surface area contributed by atoms with E-state index in [0.717, 1.165) is 19.3 Å². The molecule has 0 atom stereocenters. The SMILES string of the molecule is CCCCCCCCCCCCCCCCCC(=O)OCCCC.[Ti]. The molecular weight excluding hydrogens is 344 g/mol. The Morgan fingerprint density at radius 1 is 0.560 bits per heavy atom. The van der Waals surface area contributed by atoms with Crippen LogP contribution in [0.1, 0.15) is 129 Å². The zero-order valence-corrected chi connectivity index (χ0v) is 18.8. The molecule has 0 aromatic carbocycles. The van der Waals surface area contributed by atoms with Gasteiger partial charge in [-0.25, -0.2) is 0 Å². The van der Waals surface area contributed by atoms with Gasteiger partial charge in [0, 0.05) is 28.1 Å². The Morgan fingerprint density at radius 3 is 1.32 bits per heavy atom. The van der Waals surface area contributed by atoms with Gasteiger partial charge in [0.2, 0.25) is 0 Å². The predicted octanol–water partition coefficient (Wildman–Crippen LogP) is 7.59. The molecule has 0 rings (SSSR count). The summed E-state index contributed by atoms with van der Waals surface area (Å²) in [4.78, 5) is 11.4. The van der Waals surface area contributed by atoms with Crippen molar-refractivity contribution in [1.82, 2.24) is 0 Å². The number of unbranched alkanes of at least 4 members (excludes halogenated alkanes) is 15. The standard InChI is InChI=1S/C22H44O2.Ti/c1-3-5-7-8-9-10-11-12-13-14-15-16-17-18-19-20-22(23)24-21-6-4-2;/h3-21H2,1-2H3;. The first kappa shape index (κ1) is 27.4. The van der Waals surface area contributed by atoms with Crippen molar-refractivity contribution in [3.05, 3.63) is 0 Å². The summed E-state index contributed by atoms with van der Waals surface area (Å²) in [5.74, 6) is -0.00172. The Hall–Kier alpha value is 0.184. The summed E-state index contributed by atoms with van der Waals surface area (Å²) in [6, 6.07) is 0. The van der Waals surface area contributed by atoms with Crippen molar-refractivity contribution >= 4 is 5.97 Å². The molecule has 0 saturated carbocycles. The Kier molecular flexibility index (Phi) is 26.5. The second-order valence-corrected chi connectivity index (χ2v) is 7.27. The zero-order chi connectivity index (χ0) is 17.7. The minimum Gasteiger partial charge on any atom is -0.466 e. The van der Waals surface area contributed by atoms with Crippen molar-refractivity contribution in [3.8, 4) is 0 Å². The van der Waals surface area contributed by atoms with Crippen LogP contribution in [0.15, 0.2) is 0 Å². The van der Waals surface area contributed by atoms with Crippen LogP contribution in [0.25, 0.3) is 0 Å². The van der Waals surface area contributed by atoms with Crippen LogP contribution >= 0.6 is 0 Å². The number of hydrogen-bond acceptors (Lipinski definition) is 2. The summed E-state index contributed by atoms with van der Waals surface area (Å²) in [7, 11) is 0. The van der Waals surface area contributed by atoms with Gasteiger partial charge >= 0.3 is 5.97 Å². The van der Waals surface area contributed by atoms with Crippen molar-refractivity contribution in [1.29, 1.82) is 0 Å². The molecule has 0 unspecified atom stereocenters. The molecular formula is C22H44O2Ti. The maximum atomic E-state index is 11.4. The molecule has 0 spiro atoms. The van der Waals surface area contributed by atoms with E-state index in [0.29, 0.717) is 13.0 Å². The van der Waals surface area contributed by atoms with Gasteiger partial charge in [0.05, 0.1) is 6.61 Å². The summed E-state index contributed by atoms with van der Waals surface area (Å²) < 4.78 is 5.16. The smallest absolute Gasteiger partial charge is 0.305 e. The number of carbonyl (C=O) groups is 1. The zero-order valence-electron chi connectivity index (χ0n) is 17.3. The quantitative estimate of drug-likeness (QED) is 0.129. The van der Waals surface area contributed by atoms with Gasteiger partial charge in [0.15, 0.2) is 0 Å². The van der Waals surface area contributed by atoms with Crippen LogP contribution in [0.2, 0.25) is 0 Å². The molecule has 0 aliphatic heterocycles. The minimum absolute atomic E-state index is 0. The number of ether oxygens (including phenoxy) is 1. The third-order valence-electron chi connectivity index (χ3n) is 4.75. The normalized spacial score (nSPS) is 10.5. The van der Waals surface area contributed by atoms with Crippen molar-refractivity contribution in [2.75, 3.05) is 6.61 Å². The molecule has 0 aliphatic carbocycles. The molecule has 0 fully saturated rings. The number of hydrogen-bond donors (Lipinski definition) is 0. The first-order valence-corrected chi connectivity index (χ1v) is 11.0. The molecule has 2 nitrogen and oxygen atoms in total. The molecule has 0 amide bonds. The summed E-state index contributed by atoms with van der Waals surface area (Å²) in [5.41, 5.74) is 0. The van der Waals surface area contributed by atoms with Crippen LogP contribution in [-0.4, -0.2) is 12.6 Å². The molecule has 0 bridgehead atoms. The molecule has 0 saturated heterocycles. The molecule has 0 aliphatic rings. The molecule has 0 aromatic rings. The molecule has 25 heavy (non-hydrogen) atoms. The van der Waals surface area contributed by atoms with Crippen LogP contribution in [0.5, 0.6) is 0 Å². The fourth-order valence-electron chi connectivity index (χ4n) is 3.04. The van der Waals surface area contributed by atoms with Gasteiger partial charge in [-0.3, -0.25) is 4.79 Å². The maximum absolute atomic E-state index is 11.4. The van der Waals surface area contributed by atoms with E-state index in [-0.39, 0.29) is 27.7 Å². The largest absolute Gasteiger partial charge is 0.466 e. The van der Waals surface area contributed by atoms with E-state index in [4.69, 9.17) is 4.74 Å². The summed E-state index contributed by atoms with van der Waals surface area (Å²) in [5, 5.41) is 0. The molecule has 3 heteroatoms. The van der Waals surface area contributed by atoms with Crippen LogP contribution < -0.4 is 0 Å². The van der Waals surface area contributed by atoms with Gasteiger partial charge < -0.3 is 4.74 Å². The van der Waals surface area contributed by atoms with Crippen molar-refractivity contribution in [2.45, 2.75) is 129 Å². The second kappa shape index (κ2) is 24.2. The third kappa shape index (κ3) is 24.2. The Labute approximate surface area is 173 Å². The van der Waals surface area contributed by atoms with E-state index in [1.54, 1.807) is 0 Å². The molecule has 0 radical (unpaired) electrons. The fraction of sp³-hybridized carbons (Fsp3) is 0.955. The van der Waals surface area contributed by atoms with Gasteiger partial charge in [0.1, 0.15) is 0 Å². The number of esters is 1. The summed E-state index contributed by atoms with van der Waals surface area (Å²) in [6.45, 7) is 5.00.